The molecular weight excluding hydrogens is 236 g/mol. The van der Waals surface area contributed by atoms with Crippen LogP contribution >= 0.6 is 11.5 Å². The Morgan fingerprint density at radius 3 is 3.12 bits per heavy atom. The summed E-state index contributed by atoms with van der Waals surface area (Å²) < 4.78 is 9.83. The Bertz CT molecular complexity index is 379. The summed E-state index contributed by atoms with van der Waals surface area (Å²) in [6.45, 7) is 5.43. The highest BCUT2D eigenvalue weighted by atomic mass is 32.1. The van der Waals surface area contributed by atoms with E-state index < -0.39 is 0 Å². The number of ether oxygens (including phenoxy) is 1. The number of anilines is 1. The molecule has 0 bridgehead atoms. The number of hydrogen-bond donors (Lipinski definition) is 1. The van der Waals surface area contributed by atoms with Crippen molar-refractivity contribution in [1.29, 1.82) is 0 Å². The summed E-state index contributed by atoms with van der Waals surface area (Å²) in [4.78, 5) is 6.81. The van der Waals surface area contributed by atoms with Gasteiger partial charge in [-0.15, -0.1) is 0 Å². The predicted octanol–water partition coefficient (Wildman–Crippen LogP) is 0.804. The molecule has 0 radical (unpaired) electrons. The molecule has 6 heteroatoms. The molecule has 1 aliphatic heterocycles. The summed E-state index contributed by atoms with van der Waals surface area (Å²) in [5, 5.41) is 4.60. The normalized spacial score (nSPS) is 25.2. The molecule has 1 atom stereocenters. The Balaban J connectivity index is 1.65. The average molecular weight is 254 g/mol. The number of rotatable bonds is 4. The average Bonchev–Trinajstić information content (AvgIpc) is 3.08. The molecule has 1 aromatic rings. The van der Waals surface area contributed by atoms with Crippen LogP contribution in [0.15, 0.2) is 0 Å². The van der Waals surface area contributed by atoms with E-state index in [2.05, 4.69) is 19.6 Å². The maximum Gasteiger partial charge on any atom is 0.205 e. The molecule has 2 heterocycles. The van der Waals surface area contributed by atoms with Crippen molar-refractivity contribution in [2.75, 3.05) is 31.2 Å². The van der Waals surface area contributed by atoms with Crippen LogP contribution in [0.25, 0.3) is 0 Å². The van der Waals surface area contributed by atoms with E-state index >= 15 is 0 Å². The van der Waals surface area contributed by atoms with Crippen molar-refractivity contribution in [2.24, 2.45) is 0 Å². The Morgan fingerprint density at radius 1 is 1.53 bits per heavy atom. The summed E-state index contributed by atoms with van der Waals surface area (Å²) in [5.74, 6) is 0.866. The van der Waals surface area contributed by atoms with Crippen LogP contribution in [0.2, 0.25) is 0 Å². The van der Waals surface area contributed by atoms with Crippen LogP contribution in [0.4, 0.5) is 5.13 Å². The number of aromatic nitrogens is 2. The first-order valence-corrected chi connectivity index (χ1v) is 6.98. The Kier molecular flexibility index (Phi) is 3.26. The molecule has 94 valence electrons. The maximum absolute atomic E-state index is 5.57. The third-order valence-electron chi connectivity index (χ3n) is 3.21. The van der Waals surface area contributed by atoms with E-state index in [1.807, 2.05) is 6.92 Å². The number of nitrogens with one attached hydrogen (secondary N) is 1. The van der Waals surface area contributed by atoms with Crippen LogP contribution in [0.1, 0.15) is 18.7 Å². The van der Waals surface area contributed by atoms with Gasteiger partial charge in [0.2, 0.25) is 5.13 Å². The molecule has 1 unspecified atom stereocenters. The lowest BCUT2D eigenvalue weighted by Gasteiger charge is -2.35. The van der Waals surface area contributed by atoms with Gasteiger partial charge in [-0.3, -0.25) is 0 Å². The van der Waals surface area contributed by atoms with Crippen molar-refractivity contribution in [2.45, 2.75) is 31.8 Å². The fourth-order valence-corrected chi connectivity index (χ4v) is 2.84. The van der Waals surface area contributed by atoms with Gasteiger partial charge in [0.15, 0.2) is 0 Å². The third-order valence-corrected chi connectivity index (χ3v) is 4.05. The van der Waals surface area contributed by atoms with Crippen molar-refractivity contribution in [3.63, 3.8) is 0 Å². The van der Waals surface area contributed by atoms with Crippen molar-refractivity contribution in [3.8, 4) is 0 Å². The molecular formula is C11H18N4OS. The van der Waals surface area contributed by atoms with E-state index in [1.165, 1.54) is 24.4 Å². The summed E-state index contributed by atoms with van der Waals surface area (Å²) in [7, 11) is 0. The van der Waals surface area contributed by atoms with Gasteiger partial charge in [-0.25, -0.2) is 4.98 Å². The fourth-order valence-electron chi connectivity index (χ4n) is 2.07. The molecule has 2 aliphatic rings. The molecule has 5 nitrogen and oxygen atoms in total. The molecule has 17 heavy (non-hydrogen) atoms. The van der Waals surface area contributed by atoms with Gasteiger partial charge in [-0.1, -0.05) is 0 Å². The van der Waals surface area contributed by atoms with Gasteiger partial charge >= 0.3 is 0 Å². The Hall–Kier alpha value is -0.720. The van der Waals surface area contributed by atoms with Crippen LogP contribution in [-0.2, 0) is 4.74 Å². The van der Waals surface area contributed by atoms with E-state index in [9.17, 15) is 0 Å². The van der Waals surface area contributed by atoms with Crippen LogP contribution in [-0.4, -0.2) is 47.7 Å². The second-order valence-electron chi connectivity index (χ2n) is 4.73. The highest BCUT2D eigenvalue weighted by Crippen LogP contribution is 2.23. The molecule has 2 fully saturated rings. The maximum atomic E-state index is 5.57. The van der Waals surface area contributed by atoms with Crippen LogP contribution in [0.5, 0.6) is 0 Å². The first-order chi connectivity index (χ1) is 8.33. The number of aryl methyl sites for hydroxylation is 1. The largest absolute Gasteiger partial charge is 0.377 e. The van der Waals surface area contributed by atoms with E-state index in [4.69, 9.17) is 4.74 Å². The second-order valence-corrected chi connectivity index (χ2v) is 5.46. The van der Waals surface area contributed by atoms with Gasteiger partial charge in [-0.05, 0) is 19.8 Å². The zero-order valence-electron chi connectivity index (χ0n) is 10.1. The van der Waals surface area contributed by atoms with Crippen LogP contribution in [0.3, 0.4) is 0 Å². The smallest absolute Gasteiger partial charge is 0.205 e. The van der Waals surface area contributed by atoms with Crippen molar-refractivity contribution < 1.29 is 4.74 Å². The van der Waals surface area contributed by atoms with Crippen molar-refractivity contribution in [3.05, 3.63) is 5.82 Å². The lowest BCUT2D eigenvalue weighted by Crippen LogP contribution is -2.50. The van der Waals surface area contributed by atoms with E-state index in [-0.39, 0.29) is 0 Å². The van der Waals surface area contributed by atoms with Gasteiger partial charge < -0.3 is 15.0 Å². The predicted molar refractivity (Wildman–Crippen MR) is 67.6 cm³/mol. The molecule has 1 saturated heterocycles. The van der Waals surface area contributed by atoms with E-state index in [0.29, 0.717) is 6.04 Å². The van der Waals surface area contributed by atoms with Crippen molar-refractivity contribution >= 4 is 16.7 Å². The van der Waals surface area contributed by atoms with Crippen LogP contribution < -0.4 is 10.2 Å². The Labute approximate surface area is 105 Å². The lowest BCUT2D eigenvalue weighted by molar-refractivity contribution is 0.0936. The first kappa shape index (κ1) is 11.4. The molecule has 1 aromatic heterocycles. The SMILES string of the molecule is Cc1nsc(N2CCOCC2CNC2CC2)n1. The monoisotopic (exact) mass is 254 g/mol. The minimum atomic E-state index is 0.400. The second kappa shape index (κ2) is 4.88. The molecule has 3 rings (SSSR count). The van der Waals surface area contributed by atoms with Gasteiger partial charge in [0.1, 0.15) is 5.82 Å². The van der Waals surface area contributed by atoms with E-state index in [0.717, 1.165) is 43.3 Å². The molecule has 0 amide bonds. The lowest BCUT2D eigenvalue weighted by atomic mass is 10.2. The zero-order chi connectivity index (χ0) is 11.7. The fraction of sp³-hybridized carbons (Fsp3) is 0.818. The van der Waals surface area contributed by atoms with Gasteiger partial charge in [0, 0.05) is 30.7 Å². The standard InChI is InChI=1S/C11H18N4OS/c1-8-13-11(17-14-8)15-4-5-16-7-10(15)6-12-9-2-3-9/h9-10,12H,2-7H2,1H3. The summed E-state index contributed by atoms with van der Waals surface area (Å²) in [6, 6.07) is 1.15. The number of hydrogen-bond acceptors (Lipinski definition) is 6. The third kappa shape index (κ3) is 2.75. The summed E-state index contributed by atoms with van der Waals surface area (Å²) in [6.07, 6.45) is 2.65. The molecule has 1 aliphatic carbocycles. The minimum Gasteiger partial charge on any atom is -0.377 e. The number of nitrogens with zero attached hydrogens (tertiary/aromatic N) is 3. The highest BCUT2D eigenvalue weighted by Gasteiger charge is 2.28. The number of morpholine rings is 1. The Morgan fingerprint density at radius 2 is 2.41 bits per heavy atom. The zero-order valence-corrected chi connectivity index (χ0v) is 10.9. The highest BCUT2D eigenvalue weighted by molar-refractivity contribution is 7.09. The van der Waals surface area contributed by atoms with Gasteiger partial charge in [0.05, 0.1) is 19.3 Å². The molecule has 1 N–H and O–H groups in total. The van der Waals surface area contributed by atoms with Gasteiger partial charge in [0.25, 0.3) is 0 Å². The summed E-state index contributed by atoms with van der Waals surface area (Å²) >= 11 is 1.49. The summed E-state index contributed by atoms with van der Waals surface area (Å²) in [5.41, 5.74) is 0. The topological polar surface area (TPSA) is 50.3 Å². The van der Waals surface area contributed by atoms with Crippen molar-refractivity contribution in [1.82, 2.24) is 14.7 Å². The molecule has 0 aromatic carbocycles. The first-order valence-electron chi connectivity index (χ1n) is 6.21. The molecule has 1 saturated carbocycles. The molecule has 0 spiro atoms. The van der Waals surface area contributed by atoms with E-state index in [1.54, 1.807) is 0 Å². The minimum absolute atomic E-state index is 0.400. The quantitative estimate of drug-likeness (QED) is 0.861. The van der Waals surface area contributed by atoms with Gasteiger partial charge in [-0.2, -0.15) is 4.37 Å². The van der Waals surface area contributed by atoms with Crippen LogP contribution in [0, 0.1) is 6.92 Å².